The van der Waals surface area contributed by atoms with Gasteiger partial charge in [-0.1, -0.05) is 32.4 Å². The number of aliphatic hydroxyl groups is 1. The fourth-order valence-corrected chi connectivity index (χ4v) is 2.02. The minimum Gasteiger partial charge on any atom is -0.496 e. The standard InChI is InChI=1S/C15H24O2/c1-6-10(2)9-14(16)13-8-7-11(3)12(4)15(13)17-5/h7-8,10,14,16H,6,9H2,1-5H3. The Kier molecular flexibility index (Phi) is 5.01. The monoisotopic (exact) mass is 236 g/mol. The van der Waals surface area contributed by atoms with E-state index in [-0.39, 0.29) is 0 Å². The van der Waals surface area contributed by atoms with Crippen LogP contribution in [0.4, 0.5) is 0 Å². The number of ether oxygens (including phenoxy) is 1. The first kappa shape index (κ1) is 14.0. The van der Waals surface area contributed by atoms with Crippen LogP contribution in [0.2, 0.25) is 0 Å². The molecule has 96 valence electrons. The van der Waals surface area contributed by atoms with Gasteiger partial charge in [-0.15, -0.1) is 0 Å². The lowest BCUT2D eigenvalue weighted by molar-refractivity contribution is 0.143. The summed E-state index contributed by atoms with van der Waals surface area (Å²) in [5.41, 5.74) is 3.23. The summed E-state index contributed by atoms with van der Waals surface area (Å²) in [6.45, 7) is 8.40. The van der Waals surface area contributed by atoms with Crippen LogP contribution in [0.5, 0.6) is 5.75 Å². The van der Waals surface area contributed by atoms with E-state index in [0.29, 0.717) is 5.92 Å². The lowest BCUT2D eigenvalue weighted by Gasteiger charge is -2.20. The predicted octanol–water partition coefficient (Wildman–Crippen LogP) is 3.78. The Bertz CT molecular complexity index is 371. The highest BCUT2D eigenvalue weighted by molar-refractivity contribution is 5.46. The zero-order chi connectivity index (χ0) is 13.0. The van der Waals surface area contributed by atoms with Gasteiger partial charge in [-0.2, -0.15) is 0 Å². The number of methoxy groups -OCH3 is 1. The van der Waals surface area contributed by atoms with E-state index in [1.54, 1.807) is 7.11 Å². The molecule has 0 saturated carbocycles. The van der Waals surface area contributed by atoms with Crippen LogP contribution >= 0.6 is 0 Å². The van der Waals surface area contributed by atoms with Gasteiger partial charge in [0.2, 0.25) is 0 Å². The first-order valence-corrected chi connectivity index (χ1v) is 6.33. The SMILES string of the molecule is CCC(C)CC(O)c1ccc(C)c(C)c1OC. The van der Waals surface area contributed by atoms with Gasteiger partial charge in [-0.05, 0) is 37.3 Å². The topological polar surface area (TPSA) is 29.5 Å². The van der Waals surface area contributed by atoms with Crippen LogP contribution in [0, 0.1) is 19.8 Å². The molecule has 0 aliphatic heterocycles. The van der Waals surface area contributed by atoms with Crippen molar-refractivity contribution in [3.05, 3.63) is 28.8 Å². The lowest BCUT2D eigenvalue weighted by Crippen LogP contribution is -2.07. The minimum absolute atomic E-state index is 0.431. The van der Waals surface area contributed by atoms with E-state index in [1.807, 2.05) is 19.1 Å². The molecule has 0 fully saturated rings. The second kappa shape index (κ2) is 6.06. The van der Waals surface area contributed by atoms with E-state index in [0.717, 1.165) is 29.7 Å². The molecular formula is C15H24O2. The van der Waals surface area contributed by atoms with Gasteiger partial charge in [0.15, 0.2) is 0 Å². The van der Waals surface area contributed by atoms with Gasteiger partial charge in [0.1, 0.15) is 5.75 Å². The molecule has 2 nitrogen and oxygen atoms in total. The number of aryl methyl sites for hydroxylation is 1. The Morgan fingerprint density at radius 2 is 1.94 bits per heavy atom. The Morgan fingerprint density at radius 1 is 1.29 bits per heavy atom. The van der Waals surface area contributed by atoms with Crippen LogP contribution in [0.25, 0.3) is 0 Å². The highest BCUT2D eigenvalue weighted by Gasteiger charge is 2.17. The average Bonchev–Trinajstić information content (AvgIpc) is 2.31. The van der Waals surface area contributed by atoms with Crippen molar-refractivity contribution in [1.82, 2.24) is 0 Å². The fourth-order valence-electron chi connectivity index (χ4n) is 2.02. The van der Waals surface area contributed by atoms with Crippen molar-refractivity contribution in [3.8, 4) is 5.75 Å². The third-order valence-corrected chi connectivity index (χ3v) is 3.59. The maximum absolute atomic E-state index is 10.3. The zero-order valence-corrected chi connectivity index (χ0v) is 11.6. The normalized spacial score (nSPS) is 14.5. The zero-order valence-electron chi connectivity index (χ0n) is 11.6. The average molecular weight is 236 g/mol. The third-order valence-electron chi connectivity index (χ3n) is 3.59. The highest BCUT2D eigenvalue weighted by Crippen LogP contribution is 2.33. The molecule has 17 heavy (non-hydrogen) atoms. The van der Waals surface area contributed by atoms with Crippen molar-refractivity contribution >= 4 is 0 Å². The second-order valence-electron chi connectivity index (χ2n) is 4.89. The van der Waals surface area contributed by atoms with Gasteiger partial charge in [-0.25, -0.2) is 0 Å². The largest absolute Gasteiger partial charge is 0.496 e. The first-order valence-electron chi connectivity index (χ1n) is 6.33. The van der Waals surface area contributed by atoms with E-state index in [1.165, 1.54) is 5.56 Å². The van der Waals surface area contributed by atoms with Gasteiger partial charge in [0.25, 0.3) is 0 Å². The molecule has 0 bridgehead atoms. The molecule has 1 aromatic rings. The van der Waals surface area contributed by atoms with Crippen LogP contribution in [0.15, 0.2) is 12.1 Å². The van der Waals surface area contributed by atoms with E-state index in [9.17, 15) is 5.11 Å². The van der Waals surface area contributed by atoms with Crippen molar-refractivity contribution in [3.63, 3.8) is 0 Å². The Morgan fingerprint density at radius 3 is 2.47 bits per heavy atom. The summed E-state index contributed by atoms with van der Waals surface area (Å²) in [5.74, 6) is 1.36. The first-order chi connectivity index (χ1) is 8.01. The lowest BCUT2D eigenvalue weighted by atomic mass is 9.93. The summed E-state index contributed by atoms with van der Waals surface area (Å²) >= 11 is 0. The molecule has 0 heterocycles. The summed E-state index contributed by atoms with van der Waals surface area (Å²) in [6.07, 6.45) is 1.44. The third kappa shape index (κ3) is 3.22. The molecule has 1 aromatic carbocycles. The van der Waals surface area contributed by atoms with Crippen LogP contribution < -0.4 is 4.74 Å². The van der Waals surface area contributed by atoms with Crippen molar-refractivity contribution in [2.45, 2.75) is 46.6 Å². The van der Waals surface area contributed by atoms with Crippen molar-refractivity contribution in [1.29, 1.82) is 0 Å². The molecule has 0 aliphatic carbocycles. The van der Waals surface area contributed by atoms with E-state index in [4.69, 9.17) is 4.74 Å². The molecule has 1 rings (SSSR count). The quantitative estimate of drug-likeness (QED) is 0.843. The molecular weight excluding hydrogens is 212 g/mol. The molecule has 2 atom stereocenters. The van der Waals surface area contributed by atoms with E-state index >= 15 is 0 Å². The molecule has 2 unspecified atom stereocenters. The summed E-state index contributed by atoms with van der Waals surface area (Å²) in [6, 6.07) is 4.03. The van der Waals surface area contributed by atoms with Gasteiger partial charge in [-0.3, -0.25) is 0 Å². The van der Waals surface area contributed by atoms with Gasteiger partial charge < -0.3 is 9.84 Å². The van der Waals surface area contributed by atoms with Gasteiger partial charge in [0, 0.05) is 5.56 Å². The Labute approximate surface area is 105 Å². The molecule has 0 aromatic heterocycles. The number of aliphatic hydroxyl groups excluding tert-OH is 1. The van der Waals surface area contributed by atoms with Crippen molar-refractivity contribution < 1.29 is 9.84 Å². The molecule has 0 radical (unpaired) electrons. The highest BCUT2D eigenvalue weighted by atomic mass is 16.5. The Hall–Kier alpha value is -1.02. The maximum atomic E-state index is 10.3. The smallest absolute Gasteiger partial charge is 0.127 e. The second-order valence-corrected chi connectivity index (χ2v) is 4.89. The molecule has 0 aliphatic rings. The molecule has 0 saturated heterocycles. The Balaban J connectivity index is 3.01. The maximum Gasteiger partial charge on any atom is 0.127 e. The minimum atomic E-state index is -0.431. The predicted molar refractivity (Wildman–Crippen MR) is 71.5 cm³/mol. The van der Waals surface area contributed by atoms with Crippen molar-refractivity contribution in [2.24, 2.45) is 5.92 Å². The van der Waals surface area contributed by atoms with Crippen molar-refractivity contribution in [2.75, 3.05) is 7.11 Å². The van der Waals surface area contributed by atoms with Crippen LogP contribution in [-0.4, -0.2) is 12.2 Å². The number of rotatable bonds is 5. The number of hydrogen-bond acceptors (Lipinski definition) is 2. The summed E-state index contributed by atoms with van der Waals surface area (Å²) in [7, 11) is 1.67. The number of benzene rings is 1. The summed E-state index contributed by atoms with van der Waals surface area (Å²) in [5, 5.41) is 10.3. The van der Waals surface area contributed by atoms with Gasteiger partial charge in [0.05, 0.1) is 13.2 Å². The molecule has 2 heteroatoms. The van der Waals surface area contributed by atoms with Gasteiger partial charge >= 0.3 is 0 Å². The molecule has 1 N–H and O–H groups in total. The fraction of sp³-hybridized carbons (Fsp3) is 0.600. The summed E-state index contributed by atoms with van der Waals surface area (Å²) < 4.78 is 5.43. The van der Waals surface area contributed by atoms with E-state index in [2.05, 4.69) is 20.8 Å². The number of hydrogen-bond donors (Lipinski definition) is 1. The van der Waals surface area contributed by atoms with Crippen LogP contribution in [0.3, 0.4) is 0 Å². The molecule has 0 spiro atoms. The van der Waals surface area contributed by atoms with E-state index < -0.39 is 6.10 Å². The summed E-state index contributed by atoms with van der Waals surface area (Å²) in [4.78, 5) is 0. The van der Waals surface area contributed by atoms with Crippen LogP contribution in [-0.2, 0) is 0 Å². The molecule has 0 amide bonds. The van der Waals surface area contributed by atoms with Crippen LogP contribution in [0.1, 0.15) is 49.5 Å².